The fourth-order valence-electron chi connectivity index (χ4n) is 2.68. The number of ether oxygens (including phenoxy) is 1. The van der Waals surface area contributed by atoms with Crippen LogP contribution in [-0.2, 0) is 22.7 Å². The summed E-state index contributed by atoms with van der Waals surface area (Å²) in [7, 11) is 0. The molecule has 0 unspecified atom stereocenters. The summed E-state index contributed by atoms with van der Waals surface area (Å²) in [6, 6.07) is 18.2. The molecular formula is C20H15N3O4. The second-order valence-electron chi connectivity index (χ2n) is 5.90. The lowest BCUT2D eigenvalue weighted by molar-refractivity contribution is -0.145. The molecule has 2 aromatic carbocycles. The molecule has 7 heteroatoms. The summed E-state index contributed by atoms with van der Waals surface area (Å²) >= 11 is 0. The van der Waals surface area contributed by atoms with Gasteiger partial charge in [-0.3, -0.25) is 14.2 Å². The number of fused-ring (bicyclic) bond motifs is 1. The minimum Gasteiger partial charge on any atom is -0.458 e. The molecule has 0 aliphatic heterocycles. The van der Waals surface area contributed by atoms with E-state index in [9.17, 15) is 9.59 Å². The Labute approximate surface area is 153 Å². The third-order valence-electron chi connectivity index (χ3n) is 4.03. The third-order valence-corrected chi connectivity index (χ3v) is 4.03. The first kappa shape index (κ1) is 16.7. The maximum absolute atomic E-state index is 12.4. The fourth-order valence-corrected chi connectivity index (χ4v) is 2.68. The summed E-state index contributed by atoms with van der Waals surface area (Å²) in [5.41, 5.74) is 1.68. The molecule has 4 rings (SSSR count). The maximum atomic E-state index is 12.4. The van der Waals surface area contributed by atoms with E-state index in [4.69, 9.17) is 9.26 Å². The van der Waals surface area contributed by atoms with E-state index in [2.05, 4.69) is 10.1 Å². The number of benzene rings is 2. The molecule has 27 heavy (non-hydrogen) atoms. The van der Waals surface area contributed by atoms with Crippen molar-refractivity contribution in [3.05, 3.63) is 83.0 Å². The van der Waals surface area contributed by atoms with Gasteiger partial charge in [0.2, 0.25) is 0 Å². The molecule has 2 heterocycles. The number of carbonyl (C=O) groups excluding carboxylic acids is 1. The van der Waals surface area contributed by atoms with Crippen LogP contribution in [0.2, 0.25) is 0 Å². The minimum atomic E-state index is -0.557. The number of esters is 1. The average Bonchev–Trinajstić information content (AvgIpc) is 3.19. The lowest BCUT2D eigenvalue weighted by Gasteiger charge is -2.06. The molecule has 0 radical (unpaired) electrons. The predicted molar refractivity (Wildman–Crippen MR) is 97.7 cm³/mol. The van der Waals surface area contributed by atoms with Crippen molar-refractivity contribution in [2.75, 3.05) is 0 Å². The lowest BCUT2D eigenvalue weighted by Crippen LogP contribution is -2.25. The van der Waals surface area contributed by atoms with Crippen LogP contribution in [0.15, 0.2) is 76.3 Å². The molecule has 0 amide bonds. The highest BCUT2D eigenvalue weighted by Crippen LogP contribution is 2.20. The quantitative estimate of drug-likeness (QED) is 0.508. The van der Waals surface area contributed by atoms with Crippen LogP contribution in [0, 0.1) is 0 Å². The van der Waals surface area contributed by atoms with Gasteiger partial charge in [-0.15, -0.1) is 0 Å². The number of hydrogen-bond acceptors (Lipinski definition) is 6. The van der Waals surface area contributed by atoms with Crippen LogP contribution in [0.5, 0.6) is 0 Å². The van der Waals surface area contributed by atoms with Gasteiger partial charge in [0.15, 0.2) is 5.76 Å². The van der Waals surface area contributed by atoms with Gasteiger partial charge in [0.05, 0.1) is 17.2 Å². The number of rotatable bonds is 5. The summed E-state index contributed by atoms with van der Waals surface area (Å²) in [5, 5.41) is 4.35. The molecule has 2 aromatic heterocycles. The highest BCUT2D eigenvalue weighted by Gasteiger charge is 2.11. The van der Waals surface area contributed by atoms with Crippen LogP contribution >= 0.6 is 0 Å². The molecule has 0 saturated heterocycles. The van der Waals surface area contributed by atoms with Crippen LogP contribution < -0.4 is 5.56 Å². The van der Waals surface area contributed by atoms with Gasteiger partial charge in [-0.25, -0.2) is 4.98 Å². The van der Waals surface area contributed by atoms with Gasteiger partial charge in [0.1, 0.15) is 18.8 Å². The molecular weight excluding hydrogens is 346 g/mol. The normalized spacial score (nSPS) is 10.8. The van der Waals surface area contributed by atoms with Crippen molar-refractivity contribution in [3.8, 4) is 11.3 Å². The van der Waals surface area contributed by atoms with Gasteiger partial charge in [-0.2, -0.15) is 0 Å². The number of para-hydroxylation sites is 1. The largest absolute Gasteiger partial charge is 0.458 e. The van der Waals surface area contributed by atoms with Crippen molar-refractivity contribution in [1.82, 2.24) is 14.7 Å². The average molecular weight is 361 g/mol. The van der Waals surface area contributed by atoms with Crippen molar-refractivity contribution < 1.29 is 14.1 Å². The number of hydrogen-bond donors (Lipinski definition) is 0. The van der Waals surface area contributed by atoms with Crippen molar-refractivity contribution in [2.24, 2.45) is 0 Å². The molecule has 134 valence electrons. The first-order valence-corrected chi connectivity index (χ1v) is 8.31. The van der Waals surface area contributed by atoms with Gasteiger partial charge < -0.3 is 9.26 Å². The zero-order valence-corrected chi connectivity index (χ0v) is 14.2. The molecule has 0 N–H and O–H groups in total. The van der Waals surface area contributed by atoms with Crippen molar-refractivity contribution >= 4 is 16.9 Å². The number of aromatic nitrogens is 3. The van der Waals surface area contributed by atoms with Crippen LogP contribution in [0.4, 0.5) is 0 Å². The highest BCUT2D eigenvalue weighted by molar-refractivity contribution is 5.77. The first-order valence-electron chi connectivity index (χ1n) is 8.31. The number of carbonyl (C=O) groups is 1. The Morgan fingerprint density at radius 2 is 1.85 bits per heavy atom. The first-order chi connectivity index (χ1) is 13.2. The summed E-state index contributed by atoms with van der Waals surface area (Å²) in [6.45, 7) is -0.259. The maximum Gasteiger partial charge on any atom is 0.326 e. The van der Waals surface area contributed by atoms with Gasteiger partial charge in [-0.1, -0.05) is 47.6 Å². The van der Waals surface area contributed by atoms with Crippen molar-refractivity contribution in [1.29, 1.82) is 0 Å². The molecule has 4 aromatic rings. The zero-order chi connectivity index (χ0) is 18.6. The molecule has 7 nitrogen and oxygen atoms in total. The van der Waals surface area contributed by atoms with E-state index >= 15 is 0 Å². The Kier molecular flexibility index (Phi) is 4.49. The molecule has 0 bridgehead atoms. The Morgan fingerprint density at radius 1 is 1.07 bits per heavy atom. The Morgan fingerprint density at radius 3 is 2.70 bits per heavy atom. The topological polar surface area (TPSA) is 87.2 Å². The fraction of sp³-hybridized carbons (Fsp3) is 0.100. The Hall–Kier alpha value is -3.74. The van der Waals surface area contributed by atoms with E-state index in [0.717, 1.165) is 5.56 Å². The van der Waals surface area contributed by atoms with E-state index in [1.165, 1.54) is 10.9 Å². The third kappa shape index (κ3) is 3.62. The standard InChI is InChI=1S/C20H15N3O4/c24-19(11-23-13-21-17-9-5-4-8-16(17)20(23)25)26-12-15-10-18(27-22-15)14-6-2-1-3-7-14/h1-10,13H,11-12H2. The Balaban J connectivity index is 1.41. The van der Waals surface area contributed by atoms with E-state index in [-0.39, 0.29) is 18.7 Å². The Bertz CT molecular complexity index is 1150. The summed E-state index contributed by atoms with van der Waals surface area (Å²) in [5.74, 6) is 0.0371. The van der Waals surface area contributed by atoms with Gasteiger partial charge in [0, 0.05) is 11.6 Å². The van der Waals surface area contributed by atoms with E-state index in [1.54, 1.807) is 30.3 Å². The highest BCUT2D eigenvalue weighted by atomic mass is 16.5. The molecule has 0 aliphatic rings. The number of nitrogens with zero attached hydrogens (tertiary/aromatic N) is 3. The van der Waals surface area contributed by atoms with Crippen molar-refractivity contribution in [2.45, 2.75) is 13.2 Å². The van der Waals surface area contributed by atoms with E-state index < -0.39 is 5.97 Å². The van der Waals surface area contributed by atoms with Crippen LogP contribution in [0.1, 0.15) is 5.69 Å². The van der Waals surface area contributed by atoms with Gasteiger partial charge in [0.25, 0.3) is 5.56 Å². The molecule has 0 atom stereocenters. The minimum absolute atomic E-state index is 0.0368. The van der Waals surface area contributed by atoms with Gasteiger partial charge >= 0.3 is 5.97 Å². The SMILES string of the molecule is O=C(Cn1cnc2ccccc2c1=O)OCc1cc(-c2ccccc2)on1. The smallest absolute Gasteiger partial charge is 0.326 e. The summed E-state index contributed by atoms with van der Waals surface area (Å²) < 4.78 is 11.7. The monoisotopic (exact) mass is 361 g/mol. The zero-order valence-electron chi connectivity index (χ0n) is 14.2. The van der Waals surface area contributed by atoms with E-state index in [1.807, 2.05) is 30.3 Å². The predicted octanol–water partition coefficient (Wildman–Crippen LogP) is 2.79. The second-order valence-corrected chi connectivity index (χ2v) is 5.90. The summed E-state index contributed by atoms with van der Waals surface area (Å²) in [4.78, 5) is 28.6. The van der Waals surface area contributed by atoms with Gasteiger partial charge in [-0.05, 0) is 12.1 Å². The van der Waals surface area contributed by atoms with Crippen LogP contribution in [0.25, 0.3) is 22.2 Å². The van der Waals surface area contributed by atoms with Crippen LogP contribution in [0.3, 0.4) is 0 Å². The molecule has 0 fully saturated rings. The molecule has 0 aliphatic carbocycles. The molecule has 0 spiro atoms. The molecule has 0 saturated carbocycles. The second kappa shape index (κ2) is 7.25. The van der Waals surface area contributed by atoms with E-state index in [0.29, 0.717) is 22.4 Å². The summed E-state index contributed by atoms with van der Waals surface area (Å²) in [6.07, 6.45) is 1.34. The van der Waals surface area contributed by atoms with Crippen molar-refractivity contribution in [3.63, 3.8) is 0 Å². The lowest BCUT2D eigenvalue weighted by atomic mass is 10.2. The van der Waals surface area contributed by atoms with Crippen LogP contribution in [-0.4, -0.2) is 20.7 Å².